The van der Waals surface area contributed by atoms with E-state index in [2.05, 4.69) is 0 Å². The van der Waals surface area contributed by atoms with Crippen molar-refractivity contribution in [2.24, 2.45) is 0 Å². The van der Waals surface area contributed by atoms with Crippen LogP contribution in [0.3, 0.4) is 0 Å². The Morgan fingerprint density at radius 1 is 1.36 bits per heavy atom. The Morgan fingerprint density at radius 3 is 2.45 bits per heavy atom. The van der Waals surface area contributed by atoms with Gasteiger partial charge in [0.2, 0.25) is 5.91 Å². The van der Waals surface area contributed by atoms with E-state index >= 15 is 0 Å². The lowest BCUT2D eigenvalue weighted by Crippen LogP contribution is -2.43. The highest BCUT2D eigenvalue weighted by Crippen LogP contribution is 2.07. The van der Waals surface area contributed by atoms with Crippen LogP contribution in [-0.4, -0.2) is 34.3 Å². The van der Waals surface area contributed by atoms with Gasteiger partial charge >= 0.3 is 6.09 Å². The van der Waals surface area contributed by atoms with Gasteiger partial charge in [-0.25, -0.2) is 9.69 Å². The number of piperidine rings is 1. The molecule has 1 heterocycles. The van der Waals surface area contributed by atoms with E-state index in [-0.39, 0.29) is 25.2 Å². The fourth-order valence-electron chi connectivity index (χ4n) is 0.899. The van der Waals surface area contributed by atoms with Crippen LogP contribution in [0.4, 0.5) is 4.79 Å². The van der Waals surface area contributed by atoms with Crippen molar-refractivity contribution in [3.63, 3.8) is 0 Å². The third kappa shape index (κ3) is 1.54. The SMILES string of the molecule is O=C1CCC(=O)N(C(=O)O)C1. The van der Waals surface area contributed by atoms with E-state index in [1.165, 1.54) is 0 Å². The summed E-state index contributed by atoms with van der Waals surface area (Å²) in [6.07, 6.45) is -1.16. The molecule has 1 aliphatic rings. The topological polar surface area (TPSA) is 74.7 Å². The first kappa shape index (κ1) is 7.71. The third-order valence-corrected chi connectivity index (χ3v) is 1.48. The van der Waals surface area contributed by atoms with E-state index < -0.39 is 12.0 Å². The van der Waals surface area contributed by atoms with Crippen molar-refractivity contribution in [1.29, 1.82) is 0 Å². The number of ketones is 1. The second-order valence-corrected chi connectivity index (χ2v) is 2.30. The van der Waals surface area contributed by atoms with Gasteiger partial charge < -0.3 is 5.11 Å². The molecule has 0 aliphatic carbocycles. The predicted octanol–water partition coefficient (Wildman–Crippen LogP) is -0.144. The molecule has 5 heteroatoms. The number of likely N-dealkylation sites (tertiary alicyclic amines) is 1. The molecule has 0 bridgehead atoms. The van der Waals surface area contributed by atoms with E-state index in [9.17, 15) is 14.4 Å². The molecule has 1 aliphatic heterocycles. The molecule has 1 saturated heterocycles. The van der Waals surface area contributed by atoms with Crippen LogP contribution in [0, 0.1) is 0 Å². The molecule has 0 aromatic carbocycles. The molecule has 11 heavy (non-hydrogen) atoms. The van der Waals surface area contributed by atoms with Crippen molar-refractivity contribution in [2.45, 2.75) is 12.8 Å². The first-order valence-corrected chi connectivity index (χ1v) is 3.16. The highest BCUT2D eigenvalue weighted by molar-refractivity contribution is 6.00. The Labute approximate surface area is 62.6 Å². The van der Waals surface area contributed by atoms with Crippen LogP contribution in [0.2, 0.25) is 0 Å². The summed E-state index contributed by atoms with van der Waals surface area (Å²) in [7, 11) is 0. The molecule has 0 spiro atoms. The molecule has 0 aromatic heterocycles. The molecule has 0 radical (unpaired) electrons. The normalized spacial score (nSPS) is 18.7. The van der Waals surface area contributed by atoms with Gasteiger partial charge in [-0.15, -0.1) is 0 Å². The zero-order valence-electron chi connectivity index (χ0n) is 5.74. The summed E-state index contributed by atoms with van der Waals surface area (Å²) < 4.78 is 0. The number of carbonyl (C=O) groups is 3. The molecule has 0 saturated carbocycles. The van der Waals surface area contributed by atoms with Crippen LogP contribution >= 0.6 is 0 Å². The molecule has 0 unspecified atom stereocenters. The maximum atomic E-state index is 10.8. The Morgan fingerprint density at radius 2 is 2.00 bits per heavy atom. The highest BCUT2D eigenvalue weighted by atomic mass is 16.4. The summed E-state index contributed by atoms with van der Waals surface area (Å²) in [5, 5.41) is 8.38. The number of hydrogen-bond donors (Lipinski definition) is 1. The second kappa shape index (κ2) is 2.69. The van der Waals surface area contributed by atoms with Gasteiger partial charge in [0.1, 0.15) is 0 Å². The summed E-state index contributed by atoms with van der Waals surface area (Å²) in [6.45, 7) is -0.284. The van der Waals surface area contributed by atoms with Gasteiger partial charge in [0.15, 0.2) is 5.78 Å². The van der Waals surface area contributed by atoms with Crippen LogP contribution in [0.5, 0.6) is 0 Å². The average molecular weight is 157 g/mol. The molecule has 5 nitrogen and oxygen atoms in total. The summed E-state index contributed by atoms with van der Waals surface area (Å²) in [4.78, 5) is 32.3. The van der Waals surface area contributed by atoms with Crippen LogP contribution in [0.25, 0.3) is 0 Å². The smallest absolute Gasteiger partial charge is 0.414 e. The number of carboxylic acid groups (broad SMARTS) is 1. The minimum absolute atomic E-state index is 0.0190. The largest absolute Gasteiger partial charge is 0.465 e. The molecular formula is C6H7NO4. The van der Waals surface area contributed by atoms with Crippen LogP contribution in [0.15, 0.2) is 0 Å². The minimum atomic E-state index is -1.34. The monoisotopic (exact) mass is 157 g/mol. The van der Waals surface area contributed by atoms with Crippen molar-refractivity contribution in [3.05, 3.63) is 0 Å². The van der Waals surface area contributed by atoms with E-state index in [1.54, 1.807) is 0 Å². The Bertz CT molecular complexity index is 223. The van der Waals surface area contributed by atoms with E-state index in [0.717, 1.165) is 0 Å². The molecule has 1 fully saturated rings. The first-order valence-electron chi connectivity index (χ1n) is 3.16. The number of Topliss-reactive ketones (excluding diaryl/α,β-unsaturated/α-hetero) is 1. The standard InChI is InChI=1S/C6H7NO4/c8-4-1-2-5(9)7(3-4)6(10)11/h1-3H2,(H,10,11). The molecule has 60 valence electrons. The number of carbonyl (C=O) groups excluding carboxylic acids is 2. The molecule has 1 rings (SSSR count). The van der Waals surface area contributed by atoms with Gasteiger partial charge in [0.25, 0.3) is 0 Å². The summed E-state index contributed by atoms with van der Waals surface area (Å²) in [5.41, 5.74) is 0. The fraction of sp³-hybridized carbons (Fsp3) is 0.500. The van der Waals surface area contributed by atoms with Gasteiger partial charge in [-0.3, -0.25) is 9.59 Å². The van der Waals surface area contributed by atoms with Crippen molar-refractivity contribution >= 4 is 17.8 Å². The third-order valence-electron chi connectivity index (χ3n) is 1.48. The lowest BCUT2D eigenvalue weighted by atomic mass is 10.1. The maximum Gasteiger partial charge on any atom is 0.414 e. The lowest BCUT2D eigenvalue weighted by molar-refractivity contribution is -0.138. The second-order valence-electron chi connectivity index (χ2n) is 2.30. The number of nitrogens with zero attached hydrogens (tertiary/aromatic N) is 1. The summed E-state index contributed by atoms with van der Waals surface area (Å²) >= 11 is 0. The molecule has 1 N–H and O–H groups in total. The molecular weight excluding hydrogens is 150 g/mol. The number of hydrogen-bond acceptors (Lipinski definition) is 3. The zero-order chi connectivity index (χ0) is 8.43. The fourth-order valence-corrected chi connectivity index (χ4v) is 0.899. The quantitative estimate of drug-likeness (QED) is 0.530. The number of imide groups is 1. The van der Waals surface area contributed by atoms with E-state index in [0.29, 0.717) is 4.90 Å². The van der Waals surface area contributed by atoms with Crippen LogP contribution in [-0.2, 0) is 9.59 Å². The summed E-state index contributed by atoms with van der Waals surface area (Å²) in [5.74, 6) is -0.691. The number of rotatable bonds is 0. The Balaban J connectivity index is 2.69. The minimum Gasteiger partial charge on any atom is -0.465 e. The van der Waals surface area contributed by atoms with Gasteiger partial charge in [-0.05, 0) is 0 Å². The lowest BCUT2D eigenvalue weighted by Gasteiger charge is -2.20. The Hall–Kier alpha value is -1.39. The van der Waals surface area contributed by atoms with Gasteiger partial charge in [-0.1, -0.05) is 0 Å². The number of amides is 2. The average Bonchev–Trinajstić information content (AvgIpc) is 1.94. The Kier molecular flexibility index (Phi) is 1.89. The highest BCUT2D eigenvalue weighted by Gasteiger charge is 2.27. The van der Waals surface area contributed by atoms with Crippen LogP contribution < -0.4 is 0 Å². The maximum absolute atomic E-state index is 10.8. The van der Waals surface area contributed by atoms with E-state index in [4.69, 9.17) is 5.11 Å². The van der Waals surface area contributed by atoms with Crippen LogP contribution in [0.1, 0.15) is 12.8 Å². The van der Waals surface area contributed by atoms with Crippen molar-refractivity contribution in [3.8, 4) is 0 Å². The van der Waals surface area contributed by atoms with Crippen molar-refractivity contribution < 1.29 is 19.5 Å². The molecule has 0 atom stereocenters. The van der Waals surface area contributed by atoms with Gasteiger partial charge in [0, 0.05) is 12.8 Å². The van der Waals surface area contributed by atoms with Gasteiger partial charge in [0.05, 0.1) is 6.54 Å². The van der Waals surface area contributed by atoms with Crippen molar-refractivity contribution in [1.82, 2.24) is 4.90 Å². The molecule has 2 amide bonds. The predicted molar refractivity (Wildman–Crippen MR) is 34.0 cm³/mol. The van der Waals surface area contributed by atoms with Gasteiger partial charge in [-0.2, -0.15) is 0 Å². The first-order chi connectivity index (χ1) is 5.11. The van der Waals surface area contributed by atoms with E-state index in [1.807, 2.05) is 0 Å². The van der Waals surface area contributed by atoms with Crippen molar-refractivity contribution in [2.75, 3.05) is 6.54 Å². The molecule has 0 aromatic rings. The zero-order valence-corrected chi connectivity index (χ0v) is 5.74. The summed E-state index contributed by atoms with van der Waals surface area (Å²) in [6, 6.07) is 0.